The highest BCUT2D eigenvalue weighted by Crippen LogP contribution is 2.34. The minimum absolute atomic E-state index is 0.134. The number of hydrogen-bond acceptors (Lipinski definition) is 5. The first kappa shape index (κ1) is 20.3. The van der Waals surface area contributed by atoms with E-state index in [1.54, 1.807) is 12.1 Å². The number of carbonyl (C=O) groups excluding carboxylic acids is 1. The summed E-state index contributed by atoms with van der Waals surface area (Å²) in [6.07, 6.45) is 1.27. The molecule has 0 spiro atoms. The molecule has 2 N–H and O–H groups in total. The molecule has 0 fully saturated rings. The molecule has 0 bridgehead atoms. The van der Waals surface area contributed by atoms with E-state index in [9.17, 15) is 18.4 Å². The number of ether oxygens (including phenoxy) is 2. The minimum atomic E-state index is -0.760. The Morgan fingerprint density at radius 3 is 2.61 bits per heavy atom. The topological polar surface area (TPSA) is 98.2 Å². The Morgan fingerprint density at radius 1 is 1.16 bits per heavy atom. The molecule has 4 aromatic rings. The minimum Gasteiger partial charge on any atom is -0.493 e. The normalized spacial score (nSPS) is 11.1. The molecule has 8 nitrogen and oxygen atoms in total. The maximum Gasteiger partial charge on any atom is 0.278 e. The van der Waals surface area contributed by atoms with Crippen molar-refractivity contribution in [2.24, 2.45) is 0 Å². The van der Waals surface area contributed by atoms with Crippen molar-refractivity contribution >= 4 is 27.8 Å². The molecule has 160 valence electrons. The van der Waals surface area contributed by atoms with Gasteiger partial charge in [0.1, 0.15) is 29.2 Å². The maximum absolute atomic E-state index is 13.7. The molecule has 0 aliphatic rings. The molecule has 0 unspecified atom stereocenters. The van der Waals surface area contributed by atoms with Crippen LogP contribution in [0.3, 0.4) is 0 Å². The van der Waals surface area contributed by atoms with Gasteiger partial charge in [0.05, 0.1) is 26.1 Å². The number of hydrogen-bond donors (Lipinski definition) is 2. The second-order valence-electron chi connectivity index (χ2n) is 6.79. The number of aromatic amines is 1. The third kappa shape index (κ3) is 3.79. The van der Waals surface area contributed by atoms with E-state index >= 15 is 0 Å². The monoisotopic (exact) mass is 428 g/mol. The molecule has 0 aliphatic heterocycles. The zero-order valence-corrected chi connectivity index (χ0v) is 16.7. The summed E-state index contributed by atoms with van der Waals surface area (Å²) in [6, 6.07) is 6.51. The Kier molecular flexibility index (Phi) is 5.28. The number of amides is 1. The van der Waals surface area contributed by atoms with Crippen molar-refractivity contribution in [1.29, 1.82) is 0 Å². The van der Waals surface area contributed by atoms with Crippen LogP contribution in [0.25, 0.3) is 21.9 Å². The Bertz CT molecular complexity index is 1360. The van der Waals surface area contributed by atoms with Crippen molar-refractivity contribution in [2.45, 2.75) is 13.1 Å². The van der Waals surface area contributed by atoms with Gasteiger partial charge in [-0.1, -0.05) is 6.07 Å². The molecular weight excluding hydrogens is 410 g/mol. The van der Waals surface area contributed by atoms with Gasteiger partial charge in [-0.3, -0.25) is 14.2 Å². The predicted molar refractivity (Wildman–Crippen MR) is 109 cm³/mol. The van der Waals surface area contributed by atoms with Crippen LogP contribution in [0.5, 0.6) is 11.5 Å². The first-order valence-corrected chi connectivity index (χ1v) is 9.24. The second kappa shape index (κ2) is 8.05. The number of nitrogens with zero attached hydrogens (tertiary/aromatic N) is 2. The molecule has 1 amide bonds. The molecule has 2 heterocycles. The fraction of sp³-hybridized carbons (Fsp3) is 0.190. The number of H-pyrrole nitrogens is 1. The SMILES string of the molecule is COc1cc2[nH]c3c(=O)n(CC(=O)NCc4ccc(F)cc4F)cnc3c2cc1OC. The van der Waals surface area contributed by atoms with E-state index in [1.165, 1.54) is 26.6 Å². The van der Waals surface area contributed by atoms with E-state index in [0.29, 0.717) is 27.9 Å². The van der Waals surface area contributed by atoms with Gasteiger partial charge in [0.25, 0.3) is 5.56 Å². The quantitative estimate of drug-likeness (QED) is 0.492. The summed E-state index contributed by atoms with van der Waals surface area (Å²) in [6.45, 7) is -0.450. The molecule has 2 aromatic carbocycles. The van der Waals surface area contributed by atoms with Gasteiger partial charge in [-0.25, -0.2) is 13.8 Å². The van der Waals surface area contributed by atoms with Crippen LogP contribution in [0.4, 0.5) is 8.78 Å². The predicted octanol–water partition coefficient (Wildman–Crippen LogP) is 2.49. The van der Waals surface area contributed by atoms with Crippen molar-refractivity contribution in [2.75, 3.05) is 14.2 Å². The van der Waals surface area contributed by atoms with E-state index < -0.39 is 23.1 Å². The van der Waals surface area contributed by atoms with E-state index in [1.807, 2.05) is 0 Å². The maximum atomic E-state index is 13.7. The van der Waals surface area contributed by atoms with Crippen LogP contribution in [0.2, 0.25) is 0 Å². The van der Waals surface area contributed by atoms with E-state index in [0.717, 1.165) is 16.7 Å². The van der Waals surface area contributed by atoms with Crippen molar-refractivity contribution in [3.05, 3.63) is 64.2 Å². The van der Waals surface area contributed by atoms with Gasteiger partial charge >= 0.3 is 0 Å². The fourth-order valence-electron chi connectivity index (χ4n) is 3.30. The molecule has 0 saturated carbocycles. The average Bonchev–Trinajstić information content (AvgIpc) is 3.12. The van der Waals surface area contributed by atoms with Crippen LogP contribution >= 0.6 is 0 Å². The molecule has 2 aromatic heterocycles. The van der Waals surface area contributed by atoms with Gasteiger partial charge in [0.15, 0.2) is 11.5 Å². The summed E-state index contributed by atoms with van der Waals surface area (Å²) >= 11 is 0. The van der Waals surface area contributed by atoms with Crippen molar-refractivity contribution < 1.29 is 23.0 Å². The van der Waals surface area contributed by atoms with Gasteiger partial charge in [-0.15, -0.1) is 0 Å². The Hall–Kier alpha value is -3.95. The fourth-order valence-corrected chi connectivity index (χ4v) is 3.30. The van der Waals surface area contributed by atoms with Crippen molar-refractivity contribution in [3.8, 4) is 11.5 Å². The highest BCUT2D eigenvalue weighted by Gasteiger charge is 2.16. The third-order valence-electron chi connectivity index (χ3n) is 4.88. The molecule has 4 rings (SSSR count). The largest absolute Gasteiger partial charge is 0.493 e. The van der Waals surface area contributed by atoms with Gasteiger partial charge in [-0.05, 0) is 12.1 Å². The first-order valence-electron chi connectivity index (χ1n) is 9.24. The zero-order valence-electron chi connectivity index (χ0n) is 16.7. The number of fused-ring (bicyclic) bond motifs is 3. The van der Waals surface area contributed by atoms with E-state index in [-0.39, 0.29) is 24.2 Å². The van der Waals surface area contributed by atoms with Crippen LogP contribution in [-0.4, -0.2) is 34.7 Å². The highest BCUT2D eigenvalue weighted by atomic mass is 19.1. The zero-order chi connectivity index (χ0) is 22.1. The second-order valence-corrected chi connectivity index (χ2v) is 6.79. The molecule has 0 atom stereocenters. The number of nitrogens with one attached hydrogen (secondary N) is 2. The van der Waals surface area contributed by atoms with Crippen LogP contribution < -0.4 is 20.3 Å². The lowest BCUT2D eigenvalue weighted by molar-refractivity contribution is -0.121. The lowest BCUT2D eigenvalue weighted by Crippen LogP contribution is -2.32. The number of benzene rings is 2. The van der Waals surface area contributed by atoms with Crippen LogP contribution in [0.15, 0.2) is 41.5 Å². The van der Waals surface area contributed by atoms with Crippen LogP contribution in [0, 0.1) is 11.6 Å². The molecule has 31 heavy (non-hydrogen) atoms. The Labute approximate surface area is 174 Å². The average molecular weight is 428 g/mol. The summed E-state index contributed by atoms with van der Waals surface area (Å²) in [5.74, 6) is -0.994. The highest BCUT2D eigenvalue weighted by molar-refractivity contribution is 6.05. The lowest BCUT2D eigenvalue weighted by atomic mass is 10.2. The summed E-state index contributed by atoms with van der Waals surface area (Å²) in [4.78, 5) is 32.4. The Morgan fingerprint density at radius 2 is 1.90 bits per heavy atom. The Balaban J connectivity index is 1.59. The summed E-state index contributed by atoms with van der Waals surface area (Å²) in [5, 5.41) is 3.18. The summed E-state index contributed by atoms with van der Waals surface area (Å²) in [7, 11) is 3.02. The molecule has 0 radical (unpaired) electrons. The number of carbonyl (C=O) groups is 1. The summed E-state index contributed by atoms with van der Waals surface area (Å²) < 4.78 is 38.4. The standard InChI is InChI=1S/C21H18F2N4O4/c1-30-16-6-13-15(7-17(16)31-2)26-20-19(13)25-10-27(21(20)29)9-18(28)24-8-11-3-4-12(22)5-14(11)23/h3-7,10,26H,8-9H2,1-2H3,(H,24,28). The molecule has 10 heteroatoms. The van der Waals surface area contributed by atoms with Crippen molar-refractivity contribution in [1.82, 2.24) is 19.9 Å². The summed E-state index contributed by atoms with van der Waals surface area (Å²) in [5.41, 5.74) is 0.985. The van der Waals surface area contributed by atoms with Crippen LogP contribution in [-0.2, 0) is 17.9 Å². The first-order chi connectivity index (χ1) is 14.9. The molecular formula is C21H18F2N4O4. The van der Waals surface area contributed by atoms with Gasteiger partial charge in [-0.2, -0.15) is 0 Å². The van der Waals surface area contributed by atoms with E-state index in [4.69, 9.17) is 9.47 Å². The molecule has 0 saturated heterocycles. The number of rotatable bonds is 6. The number of halogens is 2. The van der Waals surface area contributed by atoms with Crippen LogP contribution in [0.1, 0.15) is 5.56 Å². The van der Waals surface area contributed by atoms with Gasteiger partial charge in [0, 0.05) is 29.6 Å². The molecule has 0 aliphatic carbocycles. The van der Waals surface area contributed by atoms with Gasteiger partial charge < -0.3 is 19.8 Å². The lowest BCUT2D eigenvalue weighted by Gasteiger charge is -2.08. The van der Waals surface area contributed by atoms with Gasteiger partial charge in [0.2, 0.25) is 5.91 Å². The van der Waals surface area contributed by atoms with E-state index in [2.05, 4.69) is 15.3 Å². The van der Waals surface area contributed by atoms with Crippen molar-refractivity contribution in [3.63, 3.8) is 0 Å². The third-order valence-corrected chi connectivity index (χ3v) is 4.88. The number of aromatic nitrogens is 3. The number of methoxy groups -OCH3 is 2. The smallest absolute Gasteiger partial charge is 0.278 e.